The van der Waals surface area contributed by atoms with Gasteiger partial charge in [0, 0.05) is 13.5 Å². The van der Waals surface area contributed by atoms with E-state index in [2.05, 4.69) is 5.32 Å². The summed E-state index contributed by atoms with van der Waals surface area (Å²) in [5.74, 6) is -2.49. The summed E-state index contributed by atoms with van der Waals surface area (Å²) in [6.45, 7) is 1.57. The SMILES string of the molecule is CC(=O)N/C(=C\c1ccc(F)cc1)C(=O)N1CCC[C@@H]1C(=O)O. The van der Waals surface area contributed by atoms with Gasteiger partial charge in [-0.1, -0.05) is 12.1 Å². The fourth-order valence-electron chi connectivity index (χ4n) is 2.49. The summed E-state index contributed by atoms with van der Waals surface area (Å²) >= 11 is 0. The Balaban J connectivity index is 2.30. The van der Waals surface area contributed by atoms with Gasteiger partial charge in [0.1, 0.15) is 17.6 Å². The summed E-state index contributed by atoms with van der Waals surface area (Å²) in [4.78, 5) is 36.4. The highest BCUT2D eigenvalue weighted by molar-refractivity contribution is 6.02. The number of hydrogen-bond acceptors (Lipinski definition) is 3. The molecule has 0 aliphatic carbocycles. The molecule has 1 fully saturated rings. The molecule has 6 nitrogen and oxygen atoms in total. The Morgan fingerprint density at radius 1 is 1.30 bits per heavy atom. The fourth-order valence-corrected chi connectivity index (χ4v) is 2.49. The average Bonchev–Trinajstić information content (AvgIpc) is 2.97. The van der Waals surface area contributed by atoms with Crippen molar-refractivity contribution >= 4 is 23.9 Å². The van der Waals surface area contributed by atoms with E-state index in [0.717, 1.165) is 0 Å². The van der Waals surface area contributed by atoms with Gasteiger partial charge in [0.25, 0.3) is 5.91 Å². The average molecular weight is 320 g/mol. The third kappa shape index (κ3) is 4.15. The Labute approximate surface area is 132 Å². The Morgan fingerprint density at radius 3 is 2.52 bits per heavy atom. The molecule has 1 aliphatic rings. The van der Waals surface area contributed by atoms with Crippen LogP contribution in [0.25, 0.3) is 6.08 Å². The van der Waals surface area contributed by atoms with Gasteiger partial charge in [0.15, 0.2) is 0 Å². The smallest absolute Gasteiger partial charge is 0.326 e. The van der Waals surface area contributed by atoms with Crippen LogP contribution in [0.4, 0.5) is 4.39 Å². The minimum absolute atomic E-state index is 0.0303. The van der Waals surface area contributed by atoms with E-state index in [1.807, 2.05) is 0 Å². The molecule has 1 aliphatic heterocycles. The zero-order valence-corrected chi connectivity index (χ0v) is 12.6. The standard InChI is InChI=1S/C16H17FN2O4/c1-10(20)18-13(9-11-4-6-12(17)7-5-11)15(21)19-8-2-3-14(19)16(22)23/h4-7,9,14H,2-3,8H2,1H3,(H,18,20)(H,22,23)/b13-9-/t14-/m1/s1. The van der Waals surface area contributed by atoms with Gasteiger partial charge in [-0.3, -0.25) is 9.59 Å². The van der Waals surface area contributed by atoms with Gasteiger partial charge in [-0.15, -0.1) is 0 Å². The van der Waals surface area contributed by atoms with Gasteiger partial charge < -0.3 is 15.3 Å². The van der Waals surface area contributed by atoms with Crippen molar-refractivity contribution in [1.82, 2.24) is 10.2 Å². The summed E-state index contributed by atoms with van der Waals surface area (Å²) < 4.78 is 12.9. The molecular formula is C16H17FN2O4. The molecule has 0 aromatic heterocycles. The fraction of sp³-hybridized carbons (Fsp3) is 0.312. The Morgan fingerprint density at radius 2 is 1.96 bits per heavy atom. The molecular weight excluding hydrogens is 303 g/mol. The molecule has 1 aromatic rings. The minimum atomic E-state index is -1.07. The monoisotopic (exact) mass is 320 g/mol. The first-order valence-electron chi connectivity index (χ1n) is 7.17. The summed E-state index contributed by atoms with van der Waals surface area (Å²) in [6.07, 6.45) is 2.37. The first-order chi connectivity index (χ1) is 10.9. The molecule has 23 heavy (non-hydrogen) atoms. The molecule has 0 spiro atoms. The first-order valence-corrected chi connectivity index (χ1v) is 7.17. The molecule has 2 rings (SSSR count). The van der Waals surface area contributed by atoms with Crippen molar-refractivity contribution in [1.29, 1.82) is 0 Å². The maximum absolute atomic E-state index is 12.9. The van der Waals surface area contributed by atoms with E-state index in [1.54, 1.807) is 0 Å². The number of nitrogens with one attached hydrogen (secondary N) is 1. The largest absolute Gasteiger partial charge is 0.480 e. The number of halogens is 1. The van der Waals surface area contributed by atoms with Crippen LogP contribution in [-0.4, -0.2) is 40.4 Å². The maximum Gasteiger partial charge on any atom is 0.326 e. The van der Waals surface area contributed by atoms with Crippen LogP contribution in [0, 0.1) is 5.82 Å². The third-order valence-corrected chi connectivity index (χ3v) is 3.52. The molecule has 2 amide bonds. The predicted molar refractivity (Wildman–Crippen MR) is 80.6 cm³/mol. The van der Waals surface area contributed by atoms with E-state index in [0.29, 0.717) is 24.9 Å². The number of benzene rings is 1. The lowest BCUT2D eigenvalue weighted by Crippen LogP contribution is -2.44. The van der Waals surface area contributed by atoms with Crippen molar-refractivity contribution in [2.24, 2.45) is 0 Å². The van der Waals surface area contributed by atoms with Crippen molar-refractivity contribution in [2.45, 2.75) is 25.8 Å². The number of amides is 2. The molecule has 1 atom stereocenters. The zero-order valence-electron chi connectivity index (χ0n) is 12.6. The highest BCUT2D eigenvalue weighted by Crippen LogP contribution is 2.20. The number of aliphatic carboxylic acids is 1. The molecule has 1 saturated heterocycles. The Hall–Kier alpha value is -2.70. The van der Waals surface area contributed by atoms with Crippen LogP contribution in [0.1, 0.15) is 25.3 Å². The molecule has 1 heterocycles. The molecule has 0 bridgehead atoms. The molecule has 2 N–H and O–H groups in total. The van der Waals surface area contributed by atoms with Gasteiger partial charge in [-0.2, -0.15) is 0 Å². The first kappa shape index (κ1) is 16.7. The van der Waals surface area contributed by atoms with Crippen molar-refractivity contribution in [3.63, 3.8) is 0 Å². The number of hydrogen-bond donors (Lipinski definition) is 2. The van der Waals surface area contributed by atoms with Gasteiger partial charge in [0.05, 0.1) is 0 Å². The van der Waals surface area contributed by atoms with Crippen LogP contribution in [0.15, 0.2) is 30.0 Å². The highest BCUT2D eigenvalue weighted by Gasteiger charge is 2.35. The molecule has 7 heteroatoms. The summed E-state index contributed by atoms with van der Waals surface area (Å²) in [5.41, 5.74) is 0.492. The van der Waals surface area contributed by atoms with Gasteiger partial charge in [-0.05, 0) is 36.6 Å². The lowest BCUT2D eigenvalue weighted by Gasteiger charge is -2.23. The second kappa shape index (κ2) is 7.04. The molecule has 0 saturated carbocycles. The van der Waals surface area contributed by atoms with E-state index in [9.17, 15) is 23.9 Å². The van der Waals surface area contributed by atoms with E-state index >= 15 is 0 Å². The van der Waals surface area contributed by atoms with E-state index < -0.39 is 29.6 Å². The third-order valence-electron chi connectivity index (χ3n) is 3.52. The van der Waals surface area contributed by atoms with Crippen LogP contribution >= 0.6 is 0 Å². The second-order valence-corrected chi connectivity index (χ2v) is 5.29. The topological polar surface area (TPSA) is 86.7 Å². The Kier molecular flexibility index (Phi) is 5.10. The number of carbonyl (C=O) groups is 3. The zero-order chi connectivity index (χ0) is 17.0. The normalized spacial score (nSPS) is 17.9. The number of carboxylic acids is 1. The quantitative estimate of drug-likeness (QED) is 0.821. The van der Waals surface area contributed by atoms with Gasteiger partial charge in [-0.25, -0.2) is 9.18 Å². The summed E-state index contributed by atoms with van der Waals surface area (Å²) in [7, 11) is 0. The number of carbonyl (C=O) groups excluding carboxylic acids is 2. The van der Waals surface area contributed by atoms with Crippen LogP contribution < -0.4 is 5.32 Å². The van der Waals surface area contributed by atoms with Crippen molar-refractivity contribution in [2.75, 3.05) is 6.54 Å². The van der Waals surface area contributed by atoms with Gasteiger partial charge in [0.2, 0.25) is 5.91 Å². The van der Waals surface area contributed by atoms with E-state index in [1.165, 1.54) is 42.2 Å². The van der Waals surface area contributed by atoms with Crippen LogP contribution in [-0.2, 0) is 14.4 Å². The molecule has 0 unspecified atom stereocenters. The molecule has 1 aromatic carbocycles. The lowest BCUT2D eigenvalue weighted by molar-refractivity contribution is -0.147. The van der Waals surface area contributed by atoms with Crippen LogP contribution in [0.5, 0.6) is 0 Å². The highest BCUT2D eigenvalue weighted by atomic mass is 19.1. The lowest BCUT2D eigenvalue weighted by atomic mass is 10.1. The number of carboxylic acid groups (broad SMARTS) is 1. The maximum atomic E-state index is 12.9. The predicted octanol–water partition coefficient (Wildman–Crippen LogP) is 1.38. The van der Waals surface area contributed by atoms with Crippen molar-refractivity contribution in [3.05, 3.63) is 41.3 Å². The molecule has 122 valence electrons. The van der Waals surface area contributed by atoms with E-state index in [-0.39, 0.29) is 5.70 Å². The minimum Gasteiger partial charge on any atom is -0.480 e. The number of likely N-dealkylation sites (tertiary alicyclic amines) is 1. The summed E-state index contributed by atoms with van der Waals surface area (Å²) in [6, 6.07) is 4.49. The Bertz CT molecular complexity index is 655. The van der Waals surface area contributed by atoms with Crippen molar-refractivity contribution < 1.29 is 23.9 Å². The van der Waals surface area contributed by atoms with Crippen LogP contribution in [0.3, 0.4) is 0 Å². The van der Waals surface area contributed by atoms with Crippen molar-refractivity contribution in [3.8, 4) is 0 Å². The molecule has 0 radical (unpaired) electrons. The van der Waals surface area contributed by atoms with Crippen LogP contribution in [0.2, 0.25) is 0 Å². The van der Waals surface area contributed by atoms with Gasteiger partial charge >= 0.3 is 5.97 Å². The number of rotatable bonds is 4. The second-order valence-electron chi connectivity index (χ2n) is 5.29. The summed E-state index contributed by atoms with van der Waals surface area (Å²) in [5, 5.41) is 11.6. The van der Waals surface area contributed by atoms with E-state index in [4.69, 9.17) is 0 Å². The number of nitrogens with zero attached hydrogens (tertiary/aromatic N) is 1.